The number of carboxylic acids is 1. The van der Waals surface area contributed by atoms with Gasteiger partial charge in [-0.05, 0) is 62.6 Å². The van der Waals surface area contributed by atoms with Crippen molar-refractivity contribution in [2.24, 2.45) is 26.4 Å². The Kier molecular flexibility index (Phi) is 15.4. The number of amides is 1. The van der Waals surface area contributed by atoms with Crippen LogP contribution in [-0.2, 0) is 23.9 Å². The summed E-state index contributed by atoms with van der Waals surface area (Å²) in [4.78, 5) is 50.3. The normalized spacial score (nSPS) is 14.9. The molecule has 2 N–H and O–H groups in total. The van der Waals surface area contributed by atoms with E-state index in [-0.39, 0.29) is 30.9 Å². The first-order valence-electron chi connectivity index (χ1n) is 18.0. The first kappa shape index (κ1) is 40.2. The Morgan fingerprint density at radius 1 is 0.982 bits per heavy atom. The number of benzene rings is 3. The minimum Gasteiger partial charge on any atom is -0.494 e. The van der Waals surface area contributed by atoms with Crippen LogP contribution >= 0.6 is 0 Å². The summed E-state index contributed by atoms with van der Waals surface area (Å²) in [6.07, 6.45) is 2.35. The molecule has 0 saturated carbocycles. The number of rotatable bonds is 22. The van der Waals surface area contributed by atoms with Crippen LogP contribution in [0.5, 0.6) is 11.5 Å². The molecule has 1 aliphatic rings. The lowest BCUT2D eigenvalue weighted by Crippen LogP contribution is -2.43. The molecule has 0 radical (unpaired) electrons. The third-order valence-corrected chi connectivity index (χ3v) is 8.78. The lowest BCUT2D eigenvalue weighted by atomic mass is 9.99. The predicted octanol–water partition coefficient (Wildman–Crippen LogP) is 6.29. The molecule has 1 fully saturated rings. The third kappa shape index (κ3) is 12.3. The van der Waals surface area contributed by atoms with Crippen molar-refractivity contribution in [2.45, 2.75) is 38.6 Å². The number of ether oxygens (including phenoxy) is 4. The Morgan fingerprint density at radius 2 is 1.60 bits per heavy atom. The molecule has 18 heteroatoms. The largest absolute Gasteiger partial charge is 0.494 e. The summed E-state index contributed by atoms with van der Waals surface area (Å²) in [5, 5.41) is 41.3. The number of aliphatic carboxylic acids is 1. The molecule has 1 aliphatic heterocycles. The molecular weight excluding hydrogens is 718 g/mol. The minimum atomic E-state index is -1.20. The van der Waals surface area contributed by atoms with Crippen molar-refractivity contribution in [2.75, 3.05) is 65.2 Å². The predicted molar refractivity (Wildman–Crippen MR) is 199 cm³/mol. The minimum absolute atomic E-state index is 0.0296. The van der Waals surface area contributed by atoms with Crippen LogP contribution in [0.4, 0.5) is 34.1 Å². The van der Waals surface area contributed by atoms with Gasteiger partial charge in [-0.15, -0.1) is 10.2 Å². The van der Waals surface area contributed by atoms with Gasteiger partial charge in [0.25, 0.3) is 5.69 Å². The monoisotopic (exact) mass is 764 g/mol. The van der Waals surface area contributed by atoms with Crippen molar-refractivity contribution in [3.05, 3.63) is 70.8 Å². The average molecular weight is 765 g/mol. The van der Waals surface area contributed by atoms with E-state index in [0.717, 1.165) is 12.1 Å². The highest BCUT2D eigenvalue weighted by atomic mass is 16.6. The SMILES string of the molecule is [2H]OCC(COC(=O)COCC(=O)O)C1CCCN1C(=O)CCCN(CC)c1ccc(N=Nc2cc(OC)c(N=Nc3ccc([N+](=O)[O-])cc3)cc2OC)cc1. The first-order valence-corrected chi connectivity index (χ1v) is 17.6. The van der Waals surface area contributed by atoms with Gasteiger partial charge in [0, 0.05) is 68.0 Å². The van der Waals surface area contributed by atoms with Crippen molar-refractivity contribution in [3.8, 4) is 11.5 Å². The van der Waals surface area contributed by atoms with Gasteiger partial charge < -0.3 is 39.0 Å². The molecule has 0 spiro atoms. The number of carboxylic acid groups (broad SMARTS) is 1. The van der Waals surface area contributed by atoms with E-state index in [0.29, 0.717) is 73.1 Å². The van der Waals surface area contributed by atoms with Crippen molar-refractivity contribution < 1.29 is 48.5 Å². The molecule has 0 aromatic heterocycles. The van der Waals surface area contributed by atoms with Gasteiger partial charge in [-0.25, -0.2) is 9.59 Å². The Balaban J connectivity index is 1.32. The molecule has 2 unspecified atom stereocenters. The molecule has 55 heavy (non-hydrogen) atoms. The maximum atomic E-state index is 13.3. The van der Waals surface area contributed by atoms with E-state index >= 15 is 0 Å². The van der Waals surface area contributed by atoms with Gasteiger partial charge in [-0.3, -0.25) is 14.9 Å². The lowest BCUT2D eigenvalue weighted by Gasteiger charge is -2.31. The fourth-order valence-electron chi connectivity index (χ4n) is 5.98. The van der Waals surface area contributed by atoms with Crippen LogP contribution in [0.1, 0.15) is 32.6 Å². The van der Waals surface area contributed by atoms with Crippen molar-refractivity contribution in [1.82, 2.24) is 4.90 Å². The van der Waals surface area contributed by atoms with Gasteiger partial charge in [0.15, 0.2) is 0 Å². The number of carbonyl (C=O) groups is 3. The maximum Gasteiger partial charge on any atom is 0.332 e. The molecule has 0 aliphatic carbocycles. The molecule has 0 bridgehead atoms. The Bertz CT molecular complexity index is 1850. The molecule has 1 saturated heterocycles. The fraction of sp³-hybridized carbons (Fsp3) is 0.432. The van der Waals surface area contributed by atoms with Crippen LogP contribution in [0.25, 0.3) is 0 Å². The number of non-ortho nitro benzene ring substituents is 1. The number of nitro groups is 1. The number of methoxy groups -OCH3 is 2. The topological polar surface area (TPSA) is 228 Å². The van der Waals surface area contributed by atoms with Crippen LogP contribution in [0, 0.1) is 16.0 Å². The van der Waals surface area contributed by atoms with Gasteiger partial charge in [-0.1, -0.05) is 0 Å². The van der Waals surface area contributed by atoms with Gasteiger partial charge in [0.1, 0.15) is 36.1 Å². The van der Waals surface area contributed by atoms with Crippen molar-refractivity contribution >= 4 is 52.0 Å². The van der Waals surface area contributed by atoms with Crippen molar-refractivity contribution in [3.63, 3.8) is 0 Å². The van der Waals surface area contributed by atoms with Crippen LogP contribution in [-0.4, -0.2) is 106 Å². The second kappa shape index (κ2) is 21.0. The molecule has 18 nitrogen and oxygen atoms in total. The second-order valence-corrected chi connectivity index (χ2v) is 12.4. The van der Waals surface area contributed by atoms with Crippen LogP contribution in [0.2, 0.25) is 0 Å². The highest BCUT2D eigenvalue weighted by Gasteiger charge is 2.35. The number of esters is 1. The quantitative estimate of drug-likeness (QED) is 0.0498. The number of nitrogens with zero attached hydrogens (tertiary/aromatic N) is 7. The number of carbonyl (C=O) groups excluding carboxylic acids is 2. The average Bonchev–Trinajstić information content (AvgIpc) is 3.70. The highest BCUT2D eigenvalue weighted by Crippen LogP contribution is 2.41. The summed E-state index contributed by atoms with van der Waals surface area (Å²) in [6, 6.07) is 16.1. The maximum absolute atomic E-state index is 13.3. The number of aliphatic hydroxyl groups excluding tert-OH is 1. The summed E-state index contributed by atoms with van der Waals surface area (Å²) >= 11 is 0. The number of likely N-dealkylation sites (tertiary alicyclic amines) is 1. The van der Waals surface area contributed by atoms with Crippen LogP contribution in [0.15, 0.2) is 81.1 Å². The first-order chi connectivity index (χ1) is 27.1. The van der Waals surface area contributed by atoms with Crippen LogP contribution in [0.3, 0.4) is 0 Å². The molecule has 2 atom stereocenters. The molecule has 4 rings (SSSR count). The van der Waals surface area contributed by atoms with Gasteiger partial charge >= 0.3 is 11.9 Å². The smallest absolute Gasteiger partial charge is 0.332 e. The summed E-state index contributed by atoms with van der Waals surface area (Å²) in [6.45, 7) is 2.65. The number of azo groups is 2. The Hall–Kier alpha value is -6.01. The van der Waals surface area contributed by atoms with E-state index in [1.807, 2.05) is 31.2 Å². The molecule has 3 aromatic rings. The number of aliphatic hydroxyl groups is 1. The zero-order valence-electron chi connectivity index (χ0n) is 31.9. The summed E-state index contributed by atoms with van der Waals surface area (Å²) in [5.41, 5.74) is 2.65. The van der Waals surface area contributed by atoms with E-state index in [1.54, 1.807) is 17.0 Å². The van der Waals surface area contributed by atoms with E-state index in [1.165, 1.54) is 38.5 Å². The summed E-state index contributed by atoms with van der Waals surface area (Å²) in [7, 11) is 2.97. The number of hydrogen-bond acceptors (Lipinski definition) is 15. The summed E-state index contributed by atoms with van der Waals surface area (Å²) in [5.74, 6) is -1.64. The zero-order chi connectivity index (χ0) is 40.5. The van der Waals surface area contributed by atoms with Crippen molar-refractivity contribution in [1.29, 1.82) is 1.43 Å². The molecule has 3 aromatic carbocycles. The van der Waals surface area contributed by atoms with E-state index in [9.17, 15) is 24.5 Å². The zero-order valence-corrected chi connectivity index (χ0v) is 30.9. The number of hydrogen-bond donors (Lipinski definition) is 2. The number of anilines is 1. The van der Waals surface area contributed by atoms with Crippen LogP contribution < -0.4 is 14.4 Å². The van der Waals surface area contributed by atoms with E-state index in [4.69, 9.17) is 25.5 Å². The van der Waals surface area contributed by atoms with Gasteiger partial charge in [-0.2, -0.15) is 10.2 Å². The van der Waals surface area contributed by atoms with Gasteiger partial charge in [0.05, 0.1) is 43.7 Å². The molecule has 294 valence electrons. The summed E-state index contributed by atoms with van der Waals surface area (Å²) < 4.78 is 28.3. The standard InChI is InChI=1S/C37H45N7O11/c1-4-42(17-6-8-35(46)43-18-5-7-32(43)25(21-45)22-55-37(49)24-54-23-36(47)48)28-13-9-26(10-14-28)38-40-30-19-34(53-3)31(20-33(30)52-2)41-39-27-11-15-29(16-12-27)44(50)51/h9-16,19-20,25,32,45H,4-8,17-18,21-24H2,1-3H3,(H,47,48)/i45D. The number of nitro benzene ring substituents is 1. The molecular formula is C37H45N7O11. The Morgan fingerprint density at radius 3 is 2.15 bits per heavy atom. The second-order valence-electron chi connectivity index (χ2n) is 12.4. The lowest BCUT2D eigenvalue weighted by molar-refractivity contribution is -0.384. The Labute approximate surface area is 319 Å². The highest BCUT2D eigenvalue weighted by molar-refractivity contribution is 5.77. The fourth-order valence-corrected chi connectivity index (χ4v) is 5.98. The van der Waals surface area contributed by atoms with E-state index in [2.05, 4.69) is 30.5 Å². The van der Waals surface area contributed by atoms with E-state index < -0.39 is 36.0 Å². The molecule has 1 amide bonds. The van der Waals surface area contributed by atoms with Gasteiger partial charge in [0.2, 0.25) is 7.34 Å². The molecule has 1 heterocycles. The third-order valence-electron chi connectivity index (χ3n) is 8.78.